The average molecular weight is 437 g/mol. The summed E-state index contributed by atoms with van der Waals surface area (Å²) < 4.78 is 0. The lowest BCUT2D eigenvalue weighted by atomic mass is 9.80. The zero-order valence-corrected chi connectivity index (χ0v) is 18.6. The highest BCUT2D eigenvalue weighted by Crippen LogP contribution is 2.46. The molecule has 0 unspecified atom stereocenters. The van der Waals surface area contributed by atoms with Crippen LogP contribution in [0.5, 0.6) is 0 Å². The molecule has 1 N–H and O–H groups in total. The number of hydrogen-bond donors (Lipinski definition) is 1. The quantitative estimate of drug-likeness (QED) is 0.685. The fourth-order valence-corrected chi connectivity index (χ4v) is 4.88. The van der Waals surface area contributed by atoms with Crippen LogP contribution in [0.3, 0.4) is 0 Å². The van der Waals surface area contributed by atoms with Gasteiger partial charge in [0.25, 0.3) is 5.91 Å². The highest BCUT2D eigenvalue weighted by molar-refractivity contribution is 6.37. The van der Waals surface area contributed by atoms with Crippen molar-refractivity contribution in [1.82, 2.24) is 9.80 Å². The largest absolute Gasteiger partial charge is 0.327 e. The molecule has 1 spiro atoms. The fraction of sp³-hybridized carbons (Fsp3) is 0.542. The lowest BCUT2D eigenvalue weighted by molar-refractivity contribution is -0.151. The maximum atomic E-state index is 13.7. The van der Waals surface area contributed by atoms with Gasteiger partial charge < -0.3 is 15.1 Å². The molecular formula is C24H28N4O4. The summed E-state index contributed by atoms with van der Waals surface area (Å²) in [5, 5.41) is 12.7. The first-order valence-corrected chi connectivity index (χ1v) is 11.1. The summed E-state index contributed by atoms with van der Waals surface area (Å²) in [5.74, 6) is -1.87. The van der Waals surface area contributed by atoms with Crippen LogP contribution >= 0.6 is 0 Å². The minimum atomic E-state index is -0.985. The maximum Gasteiger partial charge on any atom is 0.290 e. The maximum absolute atomic E-state index is 13.7. The van der Waals surface area contributed by atoms with E-state index in [2.05, 4.69) is 11.4 Å². The first kappa shape index (κ1) is 22.0. The number of benzene rings is 1. The number of para-hydroxylation sites is 1. The van der Waals surface area contributed by atoms with Gasteiger partial charge in [0.2, 0.25) is 17.6 Å². The van der Waals surface area contributed by atoms with Gasteiger partial charge in [0, 0.05) is 31.6 Å². The Labute approximate surface area is 187 Å². The van der Waals surface area contributed by atoms with Gasteiger partial charge in [-0.3, -0.25) is 19.2 Å². The fourth-order valence-electron chi connectivity index (χ4n) is 4.88. The molecule has 3 aliphatic rings. The predicted octanol–water partition coefficient (Wildman–Crippen LogP) is 1.85. The zero-order chi connectivity index (χ0) is 23.2. The van der Waals surface area contributed by atoms with Crippen molar-refractivity contribution in [3.8, 4) is 6.07 Å². The highest BCUT2D eigenvalue weighted by atomic mass is 16.2. The first-order chi connectivity index (χ1) is 15.2. The van der Waals surface area contributed by atoms with Gasteiger partial charge in [-0.1, -0.05) is 32.0 Å². The summed E-state index contributed by atoms with van der Waals surface area (Å²) in [5.41, 5.74) is 0.500. The second-order valence-electron chi connectivity index (χ2n) is 9.60. The molecule has 8 heteroatoms. The molecule has 1 aliphatic carbocycles. The number of nitrogens with one attached hydrogen (secondary N) is 1. The van der Waals surface area contributed by atoms with Crippen molar-refractivity contribution >= 4 is 29.2 Å². The van der Waals surface area contributed by atoms with Crippen LogP contribution in [-0.2, 0) is 24.6 Å². The Bertz CT molecular complexity index is 1030. The molecule has 3 atom stereocenters. The molecule has 1 saturated heterocycles. The predicted molar refractivity (Wildman–Crippen MR) is 116 cm³/mol. The molecule has 1 aromatic rings. The summed E-state index contributed by atoms with van der Waals surface area (Å²) in [4.78, 5) is 54.5. The molecule has 0 bridgehead atoms. The smallest absolute Gasteiger partial charge is 0.290 e. The summed E-state index contributed by atoms with van der Waals surface area (Å²) >= 11 is 0. The van der Waals surface area contributed by atoms with E-state index in [9.17, 15) is 24.4 Å². The van der Waals surface area contributed by atoms with E-state index in [0.717, 1.165) is 5.56 Å². The Kier molecular flexibility index (Phi) is 5.53. The van der Waals surface area contributed by atoms with Crippen molar-refractivity contribution in [1.29, 1.82) is 5.26 Å². The number of hydrogen-bond acceptors (Lipinski definition) is 5. The normalized spacial score (nSPS) is 24.8. The molecule has 0 aromatic heterocycles. The van der Waals surface area contributed by atoms with E-state index >= 15 is 0 Å². The van der Waals surface area contributed by atoms with Crippen molar-refractivity contribution in [3.63, 3.8) is 0 Å². The third-order valence-corrected chi connectivity index (χ3v) is 6.84. The molecule has 4 rings (SSSR count). The highest BCUT2D eigenvalue weighted by Gasteiger charge is 2.56. The number of ketones is 1. The molecule has 32 heavy (non-hydrogen) atoms. The van der Waals surface area contributed by atoms with Gasteiger partial charge in [-0.25, -0.2) is 0 Å². The number of rotatable bonds is 6. The van der Waals surface area contributed by atoms with E-state index in [1.54, 1.807) is 0 Å². The second-order valence-corrected chi connectivity index (χ2v) is 9.60. The minimum Gasteiger partial charge on any atom is -0.327 e. The van der Waals surface area contributed by atoms with Crippen LogP contribution in [0.1, 0.15) is 45.1 Å². The SMILES string of the molecule is CC(C)C[C@@H](C(=O)N1C[C@]2(C[C@H]1C#N)C(=O)Nc1ccccc12)N(C)C(=O)C(=O)C1CC1. The van der Waals surface area contributed by atoms with Crippen molar-refractivity contribution in [2.75, 3.05) is 18.9 Å². The van der Waals surface area contributed by atoms with Gasteiger partial charge in [-0.05, 0) is 36.8 Å². The summed E-state index contributed by atoms with van der Waals surface area (Å²) in [6.45, 7) is 3.95. The van der Waals surface area contributed by atoms with E-state index in [-0.39, 0.29) is 30.7 Å². The number of likely N-dealkylation sites (tertiary alicyclic amines) is 1. The first-order valence-electron chi connectivity index (χ1n) is 11.1. The molecule has 0 radical (unpaired) electrons. The average Bonchev–Trinajstić information content (AvgIpc) is 3.50. The van der Waals surface area contributed by atoms with Gasteiger partial charge in [-0.2, -0.15) is 5.26 Å². The molecule has 3 amide bonds. The zero-order valence-electron chi connectivity index (χ0n) is 18.6. The van der Waals surface area contributed by atoms with E-state index in [1.165, 1.54) is 16.8 Å². The molecule has 2 heterocycles. The Hall–Kier alpha value is -3.21. The van der Waals surface area contributed by atoms with Gasteiger partial charge in [0.05, 0.1) is 11.5 Å². The van der Waals surface area contributed by atoms with Gasteiger partial charge in [-0.15, -0.1) is 0 Å². The molecule has 1 aromatic carbocycles. The number of amides is 3. The van der Waals surface area contributed by atoms with Crippen LogP contribution in [0.4, 0.5) is 5.69 Å². The third-order valence-electron chi connectivity index (χ3n) is 6.84. The van der Waals surface area contributed by atoms with Gasteiger partial charge in [0.1, 0.15) is 12.1 Å². The number of nitriles is 1. The number of fused-ring (bicyclic) bond motifs is 2. The Morgan fingerprint density at radius 1 is 1.28 bits per heavy atom. The third kappa shape index (κ3) is 3.56. The van der Waals surface area contributed by atoms with Crippen molar-refractivity contribution < 1.29 is 19.2 Å². The molecular weight excluding hydrogens is 408 g/mol. The summed E-state index contributed by atoms with van der Waals surface area (Å²) in [6.07, 6.45) is 1.98. The number of likely N-dealkylation sites (N-methyl/N-ethyl adjacent to an activating group) is 1. The molecule has 2 aliphatic heterocycles. The van der Waals surface area contributed by atoms with Crippen LogP contribution in [0.2, 0.25) is 0 Å². The second kappa shape index (κ2) is 8.05. The number of anilines is 1. The van der Waals surface area contributed by atoms with Crippen LogP contribution in [-0.4, -0.2) is 59.0 Å². The molecule has 8 nitrogen and oxygen atoms in total. The van der Waals surface area contributed by atoms with E-state index in [0.29, 0.717) is 24.9 Å². The molecule has 168 valence electrons. The van der Waals surface area contributed by atoms with Crippen LogP contribution < -0.4 is 5.32 Å². The van der Waals surface area contributed by atoms with E-state index < -0.39 is 35.1 Å². The van der Waals surface area contributed by atoms with Crippen molar-refractivity contribution in [2.24, 2.45) is 11.8 Å². The van der Waals surface area contributed by atoms with Gasteiger partial charge in [0.15, 0.2) is 0 Å². The van der Waals surface area contributed by atoms with Gasteiger partial charge >= 0.3 is 0 Å². The molecule has 2 fully saturated rings. The Morgan fingerprint density at radius 2 is 1.97 bits per heavy atom. The lowest BCUT2D eigenvalue weighted by Crippen LogP contribution is -2.53. The van der Waals surface area contributed by atoms with E-state index in [1.807, 2.05) is 38.1 Å². The Morgan fingerprint density at radius 3 is 2.59 bits per heavy atom. The number of nitrogens with zero attached hydrogens (tertiary/aromatic N) is 3. The topological polar surface area (TPSA) is 111 Å². The number of carbonyl (C=O) groups excluding carboxylic acids is 4. The standard InChI is InChI=1S/C24H28N4O4/c1-14(2)10-19(27(3)22(31)20(29)15-8-9-15)21(30)28-13-24(11-16(28)12-25)17-6-4-5-7-18(17)26-23(24)32/h4-7,14-16,19H,8-11,13H2,1-3H3,(H,26,32)/t16-,19-,24-/m0/s1. The minimum absolute atomic E-state index is 0.0695. The van der Waals surface area contributed by atoms with Crippen LogP contribution in [0, 0.1) is 23.2 Å². The lowest BCUT2D eigenvalue weighted by Gasteiger charge is -2.33. The number of carbonyl (C=O) groups is 4. The monoisotopic (exact) mass is 436 g/mol. The Balaban J connectivity index is 1.63. The summed E-state index contributed by atoms with van der Waals surface area (Å²) in [7, 11) is 1.48. The van der Waals surface area contributed by atoms with Crippen LogP contribution in [0.25, 0.3) is 0 Å². The van der Waals surface area contributed by atoms with E-state index in [4.69, 9.17) is 0 Å². The van der Waals surface area contributed by atoms with Crippen molar-refractivity contribution in [3.05, 3.63) is 29.8 Å². The number of Topliss-reactive ketones (excluding diaryl/α,β-unsaturated/α-hetero) is 1. The molecule has 1 saturated carbocycles. The van der Waals surface area contributed by atoms with Crippen molar-refractivity contribution in [2.45, 2.75) is 57.0 Å². The van der Waals surface area contributed by atoms with Crippen LogP contribution in [0.15, 0.2) is 24.3 Å². The summed E-state index contributed by atoms with van der Waals surface area (Å²) in [6, 6.07) is 7.85.